The monoisotopic (exact) mass is 290 g/mol. The normalized spacial score (nSPS) is 11.1. The van der Waals surface area contributed by atoms with E-state index in [0.717, 1.165) is 16.3 Å². The average Bonchev–Trinajstić information content (AvgIpc) is 2.91. The molecule has 3 aromatic carbocycles. The van der Waals surface area contributed by atoms with Crippen LogP contribution in [0.15, 0.2) is 60.7 Å². The Morgan fingerprint density at radius 1 is 0.905 bits per heavy atom. The maximum absolute atomic E-state index is 4.78. The molecule has 0 aliphatic carbocycles. The van der Waals surface area contributed by atoms with Crippen molar-refractivity contribution in [3.8, 4) is 0 Å². The molecule has 3 heteroatoms. The summed E-state index contributed by atoms with van der Waals surface area (Å²) in [5, 5.41) is 6.83. The molecular formula is C18H14N2S. The minimum Gasteiger partial charge on any atom is -0.332 e. The van der Waals surface area contributed by atoms with E-state index >= 15 is 0 Å². The van der Waals surface area contributed by atoms with Crippen LogP contribution in [0.5, 0.6) is 0 Å². The molecule has 2 nitrogen and oxygen atoms in total. The Balaban J connectivity index is 1.88. The third kappa shape index (κ3) is 2.16. The number of nitrogens with zero attached hydrogens (tertiary/aromatic N) is 1. The molecule has 102 valence electrons. The number of benzene rings is 3. The molecule has 1 N–H and O–H groups in total. The van der Waals surface area contributed by atoms with E-state index in [2.05, 4.69) is 54.7 Å². The van der Waals surface area contributed by atoms with Crippen molar-refractivity contribution < 1.29 is 0 Å². The van der Waals surface area contributed by atoms with Gasteiger partial charge in [-0.25, -0.2) is 4.98 Å². The first-order valence-corrected chi connectivity index (χ1v) is 7.74. The first kappa shape index (κ1) is 12.4. The summed E-state index contributed by atoms with van der Waals surface area (Å²) in [6, 6.07) is 20.9. The molecule has 0 spiro atoms. The highest BCUT2D eigenvalue weighted by atomic mass is 32.1. The largest absolute Gasteiger partial charge is 0.332 e. The van der Waals surface area contributed by atoms with Crippen molar-refractivity contribution in [3.05, 3.63) is 66.2 Å². The summed E-state index contributed by atoms with van der Waals surface area (Å²) in [6.07, 6.45) is 0. The maximum atomic E-state index is 4.78. The summed E-state index contributed by atoms with van der Waals surface area (Å²) >= 11 is 1.70. The number of hydrogen-bond donors (Lipinski definition) is 1. The van der Waals surface area contributed by atoms with Gasteiger partial charge in [-0.1, -0.05) is 53.8 Å². The van der Waals surface area contributed by atoms with Gasteiger partial charge in [-0.05, 0) is 36.1 Å². The van der Waals surface area contributed by atoms with Gasteiger partial charge in [0.2, 0.25) is 0 Å². The lowest BCUT2D eigenvalue weighted by Crippen LogP contribution is -1.87. The van der Waals surface area contributed by atoms with Crippen LogP contribution in [0.2, 0.25) is 0 Å². The number of fused-ring (bicyclic) bond motifs is 3. The molecule has 0 atom stereocenters. The molecule has 0 radical (unpaired) electrons. The molecule has 1 heterocycles. The summed E-state index contributed by atoms with van der Waals surface area (Å²) in [5.74, 6) is 0. The Morgan fingerprint density at radius 3 is 2.43 bits per heavy atom. The zero-order valence-electron chi connectivity index (χ0n) is 11.6. The van der Waals surface area contributed by atoms with Gasteiger partial charge in [-0.2, -0.15) is 0 Å². The molecule has 21 heavy (non-hydrogen) atoms. The van der Waals surface area contributed by atoms with Crippen LogP contribution in [0.1, 0.15) is 5.56 Å². The number of para-hydroxylation sites is 1. The summed E-state index contributed by atoms with van der Waals surface area (Å²) in [4.78, 5) is 4.78. The predicted molar refractivity (Wildman–Crippen MR) is 91.6 cm³/mol. The lowest BCUT2D eigenvalue weighted by Gasteiger charge is -2.02. The van der Waals surface area contributed by atoms with Crippen LogP contribution in [-0.4, -0.2) is 4.98 Å². The third-order valence-corrected chi connectivity index (χ3v) is 4.55. The lowest BCUT2D eigenvalue weighted by molar-refractivity contribution is 1.45. The number of hydrogen-bond acceptors (Lipinski definition) is 3. The second-order valence-electron chi connectivity index (χ2n) is 5.10. The standard InChI is InChI=1S/C18H14N2S/c1-12-11-16-17(15-10-6-5-9-14(12)15)20-18(21-16)19-13-7-3-2-4-8-13/h2-11H,1H3,(H,19,20). The SMILES string of the molecule is Cc1cc2sc(Nc3ccccc3)nc2c2ccccc12. The zero-order valence-corrected chi connectivity index (χ0v) is 12.4. The van der Waals surface area contributed by atoms with E-state index in [1.807, 2.05) is 18.2 Å². The first-order chi connectivity index (χ1) is 10.3. The van der Waals surface area contributed by atoms with Gasteiger partial charge in [0.25, 0.3) is 0 Å². The van der Waals surface area contributed by atoms with E-state index in [4.69, 9.17) is 4.98 Å². The van der Waals surface area contributed by atoms with E-state index in [0.29, 0.717) is 0 Å². The molecule has 0 fully saturated rings. The highest BCUT2D eigenvalue weighted by Crippen LogP contribution is 2.34. The van der Waals surface area contributed by atoms with Gasteiger partial charge in [-0.15, -0.1) is 0 Å². The number of aryl methyl sites for hydroxylation is 1. The number of anilines is 2. The summed E-state index contributed by atoms with van der Waals surface area (Å²) in [7, 11) is 0. The fourth-order valence-electron chi connectivity index (χ4n) is 2.63. The van der Waals surface area contributed by atoms with Crippen molar-refractivity contribution in [3.63, 3.8) is 0 Å². The zero-order chi connectivity index (χ0) is 14.2. The second kappa shape index (κ2) is 4.86. The average molecular weight is 290 g/mol. The van der Waals surface area contributed by atoms with Crippen molar-refractivity contribution in [2.45, 2.75) is 6.92 Å². The van der Waals surface area contributed by atoms with Gasteiger partial charge in [-0.3, -0.25) is 0 Å². The van der Waals surface area contributed by atoms with Gasteiger partial charge >= 0.3 is 0 Å². The molecule has 0 saturated heterocycles. The van der Waals surface area contributed by atoms with E-state index in [1.54, 1.807) is 11.3 Å². The molecule has 0 unspecified atom stereocenters. The van der Waals surface area contributed by atoms with Gasteiger partial charge in [0.15, 0.2) is 5.13 Å². The van der Waals surface area contributed by atoms with Gasteiger partial charge in [0.05, 0.1) is 10.2 Å². The topological polar surface area (TPSA) is 24.9 Å². The van der Waals surface area contributed by atoms with E-state index in [9.17, 15) is 0 Å². The van der Waals surface area contributed by atoms with Crippen LogP contribution in [0, 0.1) is 6.92 Å². The Labute approximate surface area is 127 Å². The number of aromatic nitrogens is 1. The number of nitrogens with one attached hydrogen (secondary N) is 1. The summed E-state index contributed by atoms with van der Waals surface area (Å²) in [5.41, 5.74) is 3.45. The third-order valence-electron chi connectivity index (χ3n) is 3.63. The molecule has 0 amide bonds. The Hall–Kier alpha value is -2.39. The number of thiazole rings is 1. The van der Waals surface area contributed by atoms with Crippen LogP contribution in [0.4, 0.5) is 10.8 Å². The predicted octanol–water partition coefficient (Wildman–Crippen LogP) is 5.50. The van der Waals surface area contributed by atoms with Crippen molar-refractivity contribution in [1.29, 1.82) is 0 Å². The van der Waals surface area contributed by atoms with Gasteiger partial charge in [0, 0.05) is 11.1 Å². The molecule has 0 bridgehead atoms. The van der Waals surface area contributed by atoms with Crippen molar-refractivity contribution in [1.82, 2.24) is 4.98 Å². The highest BCUT2D eigenvalue weighted by Gasteiger charge is 2.09. The molecule has 0 aliphatic heterocycles. The summed E-state index contributed by atoms with van der Waals surface area (Å²) in [6.45, 7) is 2.16. The van der Waals surface area contributed by atoms with Gasteiger partial charge < -0.3 is 5.32 Å². The maximum Gasteiger partial charge on any atom is 0.188 e. The van der Waals surface area contributed by atoms with E-state index in [1.165, 1.54) is 21.0 Å². The molecule has 4 aromatic rings. The summed E-state index contributed by atoms with van der Waals surface area (Å²) < 4.78 is 1.23. The fourth-order valence-corrected chi connectivity index (χ4v) is 3.63. The van der Waals surface area contributed by atoms with Crippen LogP contribution in [0.25, 0.3) is 21.0 Å². The Kier molecular flexibility index (Phi) is 2.86. The minimum atomic E-state index is 0.937. The van der Waals surface area contributed by atoms with Gasteiger partial charge in [0.1, 0.15) is 0 Å². The number of rotatable bonds is 2. The Morgan fingerprint density at radius 2 is 1.62 bits per heavy atom. The smallest absolute Gasteiger partial charge is 0.188 e. The minimum absolute atomic E-state index is 0.937. The van der Waals surface area contributed by atoms with Crippen molar-refractivity contribution in [2.75, 3.05) is 5.32 Å². The van der Waals surface area contributed by atoms with Crippen molar-refractivity contribution in [2.24, 2.45) is 0 Å². The van der Waals surface area contributed by atoms with Crippen LogP contribution in [0.3, 0.4) is 0 Å². The molecular weight excluding hydrogens is 276 g/mol. The second-order valence-corrected chi connectivity index (χ2v) is 6.13. The quantitative estimate of drug-likeness (QED) is 0.527. The molecule has 0 aliphatic rings. The highest BCUT2D eigenvalue weighted by molar-refractivity contribution is 7.22. The van der Waals surface area contributed by atoms with E-state index in [-0.39, 0.29) is 0 Å². The Bertz CT molecular complexity index is 926. The molecule has 1 aromatic heterocycles. The molecule has 0 saturated carbocycles. The van der Waals surface area contributed by atoms with Crippen LogP contribution < -0.4 is 5.32 Å². The van der Waals surface area contributed by atoms with Crippen LogP contribution in [-0.2, 0) is 0 Å². The molecule has 4 rings (SSSR count). The van der Waals surface area contributed by atoms with Crippen molar-refractivity contribution >= 4 is 43.1 Å². The van der Waals surface area contributed by atoms with E-state index < -0.39 is 0 Å². The van der Waals surface area contributed by atoms with Crippen LogP contribution >= 0.6 is 11.3 Å². The lowest BCUT2D eigenvalue weighted by atomic mass is 10.0. The first-order valence-electron chi connectivity index (χ1n) is 6.92. The fraction of sp³-hybridized carbons (Fsp3) is 0.0556.